The molecule has 1 aromatic carbocycles. The number of fused-ring (bicyclic) bond motifs is 1. The number of aromatic nitrogens is 2. The highest BCUT2D eigenvalue weighted by Gasteiger charge is 2.29. The number of hydrogen-bond acceptors (Lipinski definition) is 4. The highest BCUT2D eigenvalue weighted by molar-refractivity contribution is 5.70. The van der Waals surface area contributed by atoms with Crippen molar-refractivity contribution >= 4 is 17.8 Å². The first-order valence-electron chi connectivity index (χ1n) is 9.95. The van der Waals surface area contributed by atoms with Crippen LogP contribution in [0.15, 0.2) is 37.0 Å². The number of carbonyl (C=O) groups is 1. The predicted molar refractivity (Wildman–Crippen MR) is 113 cm³/mol. The van der Waals surface area contributed by atoms with Crippen LogP contribution in [0.5, 0.6) is 0 Å². The average molecular weight is 427 g/mol. The summed E-state index contributed by atoms with van der Waals surface area (Å²) in [7, 11) is 1.33. The molecule has 3 aromatic rings. The number of methoxy groups -OCH3 is 1. The summed E-state index contributed by atoms with van der Waals surface area (Å²) in [4.78, 5) is 18.0. The Morgan fingerprint density at radius 1 is 1.35 bits per heavy atom. The molecule has 1 amide bonds. The lowest BCUT2D eigenvalue weighted by molar-refractivity contribution is -0.0241. The molecule has 31 heavy (non-hydrogen) atoms. The van der Waals surface area contributed by atoms with Crippen LogP contribution in [0.2, 0.25) is 0 Å². The van der Waals surface area contributed by atoms with Gasteiger partial charge in [-0.2, -0.15) is 0 Å². The van der Waals surface area contributed by atoms with Crippen molar-refractivity contribution in [2.24, 2.45) is 0 Å². The van der Waals surface area contributed by atoms with Gasteiger partial charge in [0.2, 0.25) is 0 Å². The molecule has 1 saturated heterocycles. The highest BCUT2D eigenvalue weighted by atomic mass is 19.1. The van der Waals surface area contributed by atoms with Gasteiger partial charge in [0.1, 0.15) is 17.3 Å². The smallest absolute Gasteiger partial charge is 0.409 e. The first-order chi connectivity index (χ1) is 14.9. The Labute approximate surface area is 178 Å². The molecule has 1 atom stereocenters. The van der Waals surface area contributed by atoms with Crippen LogP contribution in [0.25, 0.3) is 23.0 Å². The van der Waals surface area contributed by atoms with Crippen molar-refractivity contribution in [1.82, 2.24) is 14.3 Å². The summed E-state index contributed by atoms with van der Waals surface area (Å²) in [6, 6.07) is 6.22. The van der Waals surface area contributed by atoms with Gasteiger partial charge in [-0.25, -0.2) is 18.6 Å². The van der Waals surface area contributed by atoms with Crippen LogP contribution in [0.3, 0.4) is 0 Å². The molecule has 0 saturated carbocycles. The number of amides is 1. The van der Waals surface area contributed by atoms with Gasteiger partial charge in [0.05, 0.1) is 43.3 Å². The molecule has 0 radical (unpaired) electrons. The lowest BCUT2D eigenvalue weighted by atomic mass is 10.0. The molecule has 1 aliphatic heterocycles. The van der Waals surface area contributed by atoms with E-state index >= 15 is 0 Å². The second-order valence-corrected chi connectivity index (χ2v) is 7.52. The summed E-state index contributed by atoms with van der Waals surface area (Å²) in [5, 5.41) is 0. The number of carbonyl (C=O) groups excluding carboxylic acids is 1. The fraction of sp³-hybridized carbons (Fsp3) is 0.304. The number of pyridine rings is 1. The molecule has 3 heterocycles. The summed E-state index contributed by atoms with van der Waals surface area (Å²) in [6.45, 7) is 6.58. The molecule has 0 spiro atoms. The second-order valence-electron chi connectivity index (χ2n) is 7.52. The van der Waals surface area contributed by atoms with E-state index in [0.717, 1.165) is 5.56 Å². The summed E-state index contributed by atoms with van der Waals surface area (Å²) in [6.07, 6.45) is 2.73. The van der Waals surface area contributed by atoms with Crippen LogP contribution < -0.4 is 0 Å². The van der Waals surface area contributed by atoms with Gasteiger partial charge in [-0.15, -0.1) is 0 Å². The normalized spacial score (nSPS) is 16.5. The topological polar surface area (TPSA) is 56.1 Å². The lowest BCUT2D eigenvalue weighted by Gasteiger charge is -2.32. The third kappa shape index (κ3) is 4.03. The van der Waals surface area contributed by atoms with E-state index in [1.165, 1.54) is 25.3 Å². The number of benzene rings is 1. The van der Waals surface area contributed by atoms with Crippen LogP contribution in [0, 0.1) is 18.6 Å². The molecule has 0 N–H and O–H groups in total. The molecule has 6 nitrogen and oxygen atoms in total. The van der Waals surface area contributed by atoms with Crippen molar-refractivity contribution in [2.45, 2.75) is 19.4 Å². The second kappa shape index (κ2) is 8.47. The number of imidazole rings is 1. The SMILES string of the molecule is C=Cc1cc(F)c(-c2nc3cc(C)ccn3c2C[C@H]2CN(C(=O)OC)CCO2)c(F)c1. The minimum atomic E-state index is -0.711. The monoisotopic (exact) mass is 427 g/mol. The molecule has 1 fully saturated rings. The number of halogens is 2. The van der Waals surface area contributed by atoms with Gasteiger partial charge in [0.25, 0.3) is 0 Å². The van der Waals surface area contributed by atoms with Gasteiger partial charge in [-0.05, 0) is 42.3 Å². The molecule has 1 aliphatic rings. The van der Waals surface area contributed by atoms with E-state index in [9.17, 15) is 13.6 Å². The lowest BCUT2D eigenvalue weighted by Crippen LogP contribution is -2.46. The molecule has 0 unspecified atom stereocenters. The summed E-state index contributed by atoms with van der Waals surface area (Å²) < 4.78 is 42.3. The molecule has 2 aromatic heterocycles. The summed E-state index contributed by atoms with van der Waals surface area (Å²) in [5.74, 6) is -1.42. The van der Waals surface area contributed by atoms with Crippen molar-refractivity contribution in [3.8, 4) is 11.3 Å². The summed E-state index contributed by atoms with van der Waals surface area (Å²) >= 11 is 0. The number of morpholine rings is 1. The molecule has 4 rings (SSSR count). The van der Waals surface area contributed by atoms with Crippen molar-refractivity contribution < 1.29 is 23.0 Å². The van der Waals surface area contributed by atoms with E-state index in [1.807, 2.05) is 29.7 Å². The Kier molecular flexibility index (Phi) is 5.73. The molecular weight excluding hydrogens is 404 g/mol. The molecule has 0 aliphatic carbocycles. The van der Waals surface area contributed by atoms with Gasteiger partial charge in [0.15, 0.2) is 0 Å². The van der Waals surface area contributed by atoms with Gasteiger partial charge < -0.3 is 18.8 Å². The predicted octanol–water partition coefficient (Wildman–Crippen LogP) is 4.24. The van der Waals surface area contributed by atoms with Crippen LogP contribution >= 0.6 is 0 Å². The van der Waals surface area contributed by atoms with Crippen molar-refractivity contribution in [1.29, 1.82) is 0 Å². The van der Waals surface area contributed by atoms with E-state index in [1.54, 1.807) is 4.90 Å². The van der Waals surface area contributed by atoms with Gasteiger partial charge in [-0.1, -0.05) is 12.7 Å². The number of nitrogens with zero attached hydrogens (tertiary/aromatic N) is 3. The third-order valence-corrected chi connectivity index (χ3v) is 5.41. The Bertz CT molecular complexity index is 1140. The Balaban J connectivity index is 1.80. The van der Waals surface area contributed by atoms with Crippen molar-refractivity contribution in [3.05, 3.63) is 65.5 Å². The van der Waals surface area contributed by atoms with Crippen molar-refractivity contribution in [3.63, 3.8) is 0 Å². The van der Waals surface area contributed by atoms with E-state index in [0.29, 0.717) is 43.0 Å². The van der Waals surface area contributed by atoms with Crippen LogP contribution in [0.1, 0.15) is 16.8 Å². The van der Waals surface area contributed by atoms with E-state index in [4.69, 9.17) is 9.47 Å². The van der Waals surface area contributed by atoms with Crippen LogP contribution in [0.4, 0.5) is 13.6 Å². The molecule has 8 heteroatoms. The zero-order valence-corrected chi connectivity index (χ0v) is 17.4. The molecular formula is C23H23F2N3O3. The quantitative estimate of drug-likeness (QED) is 0.625. The Morgan fingerprint density at radius 2 is 2.10 bits per heavy atom. The minimum absolute atomic E-state index is 0.192. The van der Waals surface area contributed by atoms with E-state index in [-0.39, 0.29) is 17.4 Å². The Hall–Kier alpha value is -3.26. The van der Waals surface area contributed by atoms with Crippen LogP contribution in [-0.4, -0.2) is 53.3 Å². The number of hydrogen-bond donors (Lipinski definition) is 0. The van der Waals surface area contributed by atoms with E-state index in [2.05, 4.69) is 11.6 Å². The largest absolute Gasteiger partial charge is 0.453 e. The zero-order valence-electron chi connectivity index (χ0n) is 17.4. The summed E-state index contributed by atoms with van der Waals surface area (Å²) in [5.41, 5.74) is 2.54. The van der Waals surface area contributed by atoms with Gasteiger partial charge in [0, 0.05) is 19.2 Å². The average Bonchev–Trinajstić information content (AvgIpc) is 3.09. The first kappa shape index (κ1) is 21.0. The van der Waals surface area contributed by atoms with E-state index < -0.39 is 17.7 Å². The van der Waals surface area contributed by atoms with Gasteiger partial charge >= 0.3 is 6.09 Å². The fourth-order valence-electron chi connectivity index (χ4n) is 3.88. The fourth-order valence-corrected chi connectivity index (χ4v) is 3.88. The number of ether oxygens (including phenoxy) is 2. The molecule has 0 bridgehead atoms. The maximum absolute atomic E-state index is 14.9. The van der Waals surface area contributed by atoms with Crippen molar-refractivity contribution in [2.75, 3.05) is 26.8 Å². The highest BCUT2D eigenvalue weighted by Crippen LogP contribution is 2.32. The number of rotatable bonds is 4. The Morgan fingerprint density at radius 3 is 2.77 bits per heavy atom. The van der Waals surface area contributed by atoms with Crippen LogP contribution in [-0.2, 0) is 15.9 Å². The maximum atomic E-state index is 14.9. The van der Waals surface area contributed by atoms with Gasteiger partial charge in [-0.3, -0.25) is 0 Å². The number of aryl methyl sites for hydroxylation is 1. The maximum Gasteiger partial charge on any atom is 0.409 e. The standard InChI is InChI=1S/C23H23F2N3O3/c1-4-15-10-17(24)21(18(25)11-15)22-19(28-6-5-14(2)9-20(28)26-22)12-16-13-27(7-8-31-16)23(29)30-3/h4-6,9-11,16H,1,7-8,12-13H2,2-3H3/t16-/m0/s1. The molecule has 162 valence electrons. The minimum Gasteiger partial charge on any atom is -0.453 e. The third-order valence-electron chi connectivity index (χ3n) is 5.41. The first-order valence-corrected chi connectivity index (χ1v) is 9.95. The zero-order chi connectivity index (χ0) is 22.1.